The molecule has 0 bridgehead atoms. The maximum absolute atomic E-state index is 12.9. The van der Waals surface area contributed by atoms with Gasteiger partial charge in [-0.05, 0) is 58.2 Å². The minimum atomic E-state index is -0.0968. The highest BCUT2D eigenvalue weighted by molar-refractivity contribution is 7.18. The molecule has 4 heterocycles. The Morgan fingerprint density at radius 2 is 2.00 bits per heavy atom. The van der Waals surface area contributed by atoms with Gasteiger partial charge in [-0.25, -0.2) is 4.98 Å². The molecule has 1 amide bonds. The van der Waals surface area contributed by atoms with Gasteiger partial charge in [-0.15, -0.1) is 11.3 Å². The van der Waals surface area contributed by atoms with Gasteiger partial charge in [0, 0.05) is 24.0 Å². The van der Waals surface area contributed by atoms with Crippen LogP contribution in [0.15, 0.2) is 11.1 Å². The summed E-state index contributed by atoms with van der Waals surface area (Å²) < 4.78 is 1.48. The molecule has 0 radical (unpaired) electrons. The van der Waals surface area contributed by atoms with Crippen molar-refractivity contribution in [3.05, 3.63) is 27.1 Å². The van der Waals surface area contributed by atoms with Crippen LogP contribution in [0.25, 0.3) is 10.2 Å². The summed E-state index contributed by atoms with van der Waals surface area (Å²) in [6.07, 6.45) is 6.18. The summed E-state index contributed by atoms with van der Waals surface area (Å²) in [5.74, 6) is 0.0413. The Labute approximate surface area is 157 Å². The summed E-state index contributed by atoms with van der Waals surface area (Å²) in [5, 5.41) is 0.665. The Balaban J connectivity index is 1.52. The summed E-state index contributed by atoms with van der Waals surface area (Å²) in [4.78, 5) is 36.5. The van der Waals surface area contributed by atoms with Crippen molar-refractivity contribution in [1.29, 1.82) is 0 Å². The molecule has 1 unspecified atom stereocenters. The van der Waals surface area contributed by atoms with E-state index in [4.69, 9.17) is 0 Å². The van der Waals surface area contributed by atoms with Crippen LogP contribution in [0.1, 0.15) is 36.1 Å². The van der Waals surface area contributed by atoms with Crippen LogP contribution in [0.4, 0.5) is 0 Å². The Morgan fingerprint density at radius 3 is 2.77 bits per heavy atom. The molecule has 140 valence electrons. The van der Waals surface area contributed by atoms with E-state index < -0.39 is 0 Å². The number of rotatable bonds is 4. The molecule has 2 fully saturated rings. The van der Waals surface area contributed by atoms with Crippen molar-refractivity contribution in [1.82, 2.24) is 19.4 Å². The lowest BCUT2D eigenvalue weighted by atomic mass is 10.2. The number of amides is 1. The third-order valence-corrected chi connectivity index (χ3v) is 6.94. The van der Waals surface area contributed by atoms with Gasteiger partial charge in [0.25, 0.3) is 5.56 Å². The van der Waals surface area contributed by atoms with Crippen molar-refractivity contribution in [2.45, 2.75) is 52.1 Å². The molecule has 26 heavy (non-hydrogen) atoms. The molecule has 4 rings (SSSR count). The fourth-order valence-electron chi connectivity index (χ4n) is 4.24. The molecule has 2 saturated heterocycles. The molecule has 2 aromatic rings. The second-order valence-electron chi connectivity index (χ2n) is 7.53. The number of hydrogen-bond acceptors (Lipinski definition) is 5. The van der Waals surface area contributed by atoms with Gasteiger partial charge in [0.15, 0.2) is 0 Å². The van der Waals surface area contributed by atoms with Crippen LogP contribution < -0.4 is 5.56 Å². The molecule has 1 atom stereocenters. The lowest BCUT2D eigenvalue weighted by molar-refractivity contribution is -0.133. The fraction of sp³-hybridized carbons (Fsp3) is 0.632. The van der Waals surface area contributed by atoms with Crippen molar-refractivity contribution in [3.63, 3.8) is 0 Å². The van der Waals surface area contributed by atoms with Crippen LogP contribution >= 0.6 is 11.3 Å². The number of likely N-dealkylation sites (tertiary alicyclic amines) is 2. The predicted octanol–water partition coefficient (Wildman–Crippen LogP) is 2.16. The quantitative estimate of drug-likeness (QED) is 0.823. The van der Waals surface area contributed by atoms with Crippen molar-refractivity contribution in [2.24, 2.45) is 0 Å². The molecule has 6 nitrogen and oxygen atoms in total. The predicted molar refractivity (Wildman–Crippen MR) is 104 cm³/mol. The van der Waals surface area contributed by atoms with Crippen molar-refractivity contribution in [3.8, 4) is 0 Å². The number of hydrogen-bond donors (Lipinski definition) is 0. The van der Waals surface area contributed by atoms with Crippen molar-refractivity contribution < 1.29 is 4.79 Å². The molecule has 0 saturated carbocycles. The topological polar surface area (TPSA) is 58.4 Å². The SMILES string of the molecule is Cc1sc2ncn(CC(=O)N3CCCC3CN3CCCC3)c(=O)c2c1C. The van der Waals surface area contributed by atoms with E-state index in [0.29, 0.717) is 5.39 Å². The average molecular weight is 375 g/mol. The third-order valence-electron chi connectivity index (χ3n) is 5.83. The highest BCUT2D eigenvalue weighted by Crippen LogP contribution is 2.25. The highest BCUT2D eigenvalue weighted by Gasteiger charge is 2.31. The van der Waals surface area contributed by atoms with Crippen LogP contribution in [-0.2, 0) is 11.3 Å². The first-order valence-corrected chi connectivity index (χ1v) is 10.3. The largest absolute Gasteiger partial charge is 0.337 e. The van der Waals surface area contributed by atoms with E-state index in [2.05, 4.69) is 9.88 Å². The number of aromatic nitrogens is 2. The van der Waals surface area contributed by atoms with Gasteiger partial charge in [0.1, 0.15) is 11.4 Å². The Hall–Kier alpha value is -1.73. The minimum absolute atomic E-state index is 0.0413. The Kier molecular flexibility index (Phi) is 4.84. The summed E-state index contributed by atoms with van der Waals surface area (Å²) in [6.45, 7) is 8.12. The minimum Gasteiger partial charge on any atom is -0.337 e. The van der Waals surface area contributed by atoms with Gasteiger partial charge in [-0.2, -0.15) is 0 Å². The number of carbonyl (C=O) groups excluding carboxylic acids is 1. The number of thiophene rings is 1. The second-order valence-corrected chi connectivity index (χ2v) is 8.74. The number of carbonyl (C=O) groups is 1. The van der Waals surface area contributed by atoms with E-state index in [9.17, 15) is 9.59 Å². The molecular weight excluding hydrogens is 348 g/mol. The molecule has 2 aromatic heterocycles. The number of fused-ring (bicyclic) bond motifs is 1. The van der Waals surface area contributed by atoms with Gasteiger partial charge in [0.2, 0.25) is 5.91 Å². The lowest BCUT2D eigenvalue weighted by Gasteiger charge is -2.28. The van der Waals surface area contributed by atoms with Crippen LogP contribution in [0.2, 0.25) is 0 Å². The second kappa shape index (κ2) is 7.12. The van der Waals surface area contributed by atoms with E-state index in [0.717, 1.165) is 54.3 Å². The maximum atomic E-state index is 12.9. The molecule has 0 aliphatic carbocycles. The molecule has 7 heteroatoms. The zero-order valence-electron chi connectivity index (χ0n) is 15.5. The van der Waals surface area contributed by atoms with Crippen LogP contribution in [0.5, 0.6) is 0 Å². The molecule has 2 aliphatic heterocycles. The zero-order valence-corrected chi connectivity index (χ0v) is 16.3. The summed E-state index contributed by atoms with van der Waals surface area (Å²) in [6, 6.07) is 0.290. The molecule has 0 spiro atoms. The summed E-state index contributed by atoms with van der Waals surface area (Å²) in [5.41, 5.74) is 0.887. The molecule has 0 N–H and O–H groups in total. The molecule has 0 aromatic carbocycles. The van der Waals surface area contributed by atoms with E-state index in [-0.39, 0.29) is 24.1 Å². The van der Waals surface area contributed by atoms with Gasteiger partial charge < -0.3 is 9.80 Å². The first-order valence-electron chi connectivity index (χ1n) is 9.51. The normalized spacial score (nSPS) is 21.2. The first-order chi connectivity index (χ1) is 12.5. The third kappa shape index (κ3) is 3.18. The Morgan fingerprint density at radius 1 is 1.23 bits per heavy atom. The maximum Gasteiger partial charge on any atom is 0.262 e. The smallest absolute Gasteiger partial charge is 0.262 e. The van der Waals surface area contributed by atoms with E-state index >= 15 is 0 Å². The summed E-state index contributed by atoms with van der Waals surface area (Å²) in [7, 11) is 0. The molecular formula is C19H26N4O2S. The van der Waals surface area contributed by atoms with E-state index in [1.165, 1.54) is 35.1 Å². The standard InChI is InChI=1S/C19H26N4O2S/c1-13-14(2)26-18-17(13)19(25)22(12-20-18)11-16(24)23-9-5-6-15(23)10-21-7-3-4-8-21/h12,15H,3-11H2,1-2H3. The van der Waals surface area contributed by atoms with Crippen molar-refractivity contribution in [2.75, 3.05) is 26.2 Å². The van der Waals surface area contributed by atoms with E-state index in [1.54, 1.807) is 0 Å². The van der Waals surface area contributed by atoms with Gasteiger partial charge in [0.05, 0.1) is 11.7 Å². The van der Waals surface area contributed by atoms with Crippen molar-refractivity contribution >= 4 is 27.5 Å². The summed E-state index contributed by atoms with van der Waals surface area (Å²) >= 11 is 1.54. The highest BCUT2D eigenvalue weighted by atomic mass is 32.1. The zero-order chi connectivity index (χ0) is 18.3. The fourth-order valence-corrected chi connectivity index (χ4v) is 5.22. The van der Waals surface area contributed by atoms with Crippen LogP contribution in [0.3, 0.4) is 0 Å². The van der Waals surface area contributed by atoms with Gasteiger partial charge in [-0.1, -0.05) is 0 Å². The number of nitrogens with zero attached hydrogens (tertiary/aromatic N) is 4. The van der Waals surface area contributed by atoms with E-state index in [1.807, 2.05) is 18.7 Å². The monoisotopic (exact) mass is 374 g/mol. The van der Waals surface area contributed by atoms with Crippen LogP contribution in [0, 0.1) is 13.8 Å². The van der Waals surface area contributed by atoms with Crippen LogP contribution in [-0.4, -0.2) is 57.5 Å². The first kappa shape index (κ1) is 17.7. The molecule has 2 aliphatic rings. The Bertz CT molecular complexity index is 882. The van der Waals surface area contributed by atoms with Gasteiger partial charge in [-0.3, -0.25) is 14.2 Å². The average Bonchev–Trinajstić information content (AvgIpc) is 3.34. The number of aryl methyl sites for hydroxylation is 2. The lowest BCUT2D eigenvalue weighted by Crippen LogP contribution is -2.44. The van der Waals surface area contributed by atoms with Gasteiger partial charge >= 0.3 is 0 Å².